The van der Waals surface area contributed by atoms with Crippen molar-refractivity contribution >= 4 is 42.4 Å². The molecule has 8 heteroatoms. The second-order valence-electron chi connectivity index (χ2n) is 4.06. The van der Waals surface area contributed by atoms with Crippen LogP contribution in [-0.2, 0) is 13.8 Å². The third kappa shape index (κ3) is 8.21. The predicted octanol–water partition coefficient (Wildman–Crippen LogP) is 3.66. The Kier molecular flexibility index (Phi) is 10.4. The van der Waals surface area contributed by atoms with Crippen LogP contribution in [0.5, 0.6) is 0 Å². The van der Waals surface area contributed by atoms with E-state index < -0.39 is 18.3 Å². The van der Waals surface area contributed by atoms with Gasteiger partial charge in [0.1, 0.15) is 6.35 Å². The number of halogens is 3. The van der Waals surface area contributed by atoms with Gasteiger partial charge in [-0.1, -0.05) is 13.8 Å². The highest BCUT2D eigenvalue weighted by Crippen LogP contribution is 2.42. The van der Waals surface area contributed by atoms with Gasteiger partial charge >= 0.3 is 7.60 Å². The van der Waals surface area contributed by atoms with Crippen molar-refractivity contribution in [3.8, 4) is 0 Å². The molecule has 0 aliphatic rings. The van der Waals surface area contributed by atoms with Crippen LogP contribution in [0.2, 0.25) is 0 Å². The van der Waals surface area contributed by atoms with Gasteiger partial charge < -0.3 is 14.2 Å². The van der Waals surface area contributed by atoms with Crippen molar-refractivity contribution in [1.29, 1.82) is 0 Å². The van der Waals surface area contributed by atoms with E-state index in [2.05, 4.69) is 0 Å². The molecule has 0 radical (unpaired) electrons. The molecule has 4 unspecified atom stereocenters. The van der Waals surface area contributed by atoms with Gasteiger partial charge in [-0.15, -0.1) is 34.8 Å². The second kappa shape index (κ2) is 9.82. The molecule has 0 bridgehead atoms. The van der Waals surface area contributed by atoms with E-state index in [0.717, 1.165) is 6.42 Å². The summed E-state index contributed by atoms with van der Waals surface area (Å²) in [5.41, 5.74) is 0. The molecule has 0 saturated heterocycles. The van der Waals surface area contributed by atoms with Gasteiger partial charge in [0, 0.05) is 12.5 Å². The molecule has 1 N–H and O–H groups in total. The van der Waals surface area contributed by atoms with E-state index in [4.69, 9.17) is 44.1 Å². The fourth-order valence-corrected chi connectivity index (χ4v) is 2.75. The molecule has 0 rings (SSSR count). The minimum absolute atomic E-state index is 0.00569. The molecule has 110 valence electrons. The fourth-order valence-electron chi connectivity index (χ4n) is 1.08. The summed E-state index contributed by atoms with van der Waals surface area (Å²) in [6.45, 7) is 4.06. The van der Waals surface area contributed by atoms with E-state index in [1.807, 2.05) is 13.8 Å². The Labute approximate surface area is 123 Å². The molecule has 0 aliphatic carbocycles. The first-order chi connectivity index (χ1) is 8.34. The maximum Gasteiger partial charge on any atom is 0.353 e. The molecule has 0 saturated carbocycles. The number of alkyl halides is 3. The van der Waals surface area contributed by atoms with Crippen LogP contribution in [0.3, 0.4) is 0 Å². The van der Waals surface area contributed by atoms with Crippen LogP contribution in [0, 0.1) is 5.92 Å². The lowest BCUT2D eigenvalue weighted by atomic mass is 10.1. The summed E-state index contributed by atoms with van der Waals surface area (Å²) in [4.78, 5) is 9.45. The zero-order chi connectivity index (χ0) is 14.2. The zero-order valence-electron chi connectivity index (χ0n) is 10.5. The van der Waals surface area contributed by atoms with E-state index in [0.29, 0.717) is 12.5 Å². The second-order valence-corrected chi connectivity index (χ2v) is 7.23. The molecule has 0 aromatic rings. The third-order valence-corrected chi connectivity index (χ3v) is 4.98. The van der Waals surface area contributed by atoms with E-state index in [1.54, 1.807) is 0 Å². The lowest BCUT2D eigenvalue weighted by Gasteiger charge is -2.22. The van der Waals surface area contributed by atoms with Gasteiger partial charge in [-0.3, -0.25) is 4.57 Å². The molecule has 4 nitrogen and oxygen atoms in total. The Morgan fingerprint density at radius 2 is 2.00 bits per heavy atom. The summed E-state index contributed by atoms with van der Waals surface area (Å²) < 4.78 is 21.4. The topological polar surface area (TPSA) is 55.8 Å². The van der Waals surface area contributed by atoms with Crippen LogP contribution in [0.25, 0.3) is 0 Å². The molecular formula is C10H20Cl3O4P. The lowest BCUT2D eigenvalue weighted by Crippen LogP contribution is -2.27. The van der Waals surface area contributed by atoms with Crippen LogP contribution >= 0.6 is 42.4 Å². The van der Waals surface area contributed by atoms with E-state index >= 15 is 0 Å². The standard InChI is InChI=1S/C10H20Cl3O4P/c1-3-4-16-7-18(14,15)17-6-9(12)10(13)8(2)5-11/h8-10H,3-7H2,1-2H3,(H,14,15). The van der Waals surface area contributed by atoms with Gasteiger partial charge in [-0.25, -0.2) is 0 Å². The van der Waals surface area contributed by atoms with Gasteiger partial charge in [0.15, 0.2) is 0 Å². The first kappa shape index (κ1) is 19.0. The molecule has 0 aromatic carbocycles. The Morgan fingerprint density at radius 3 is 2.50 bits per heavy atom. The number of hydrogen-bond donors (Lipinski definition) is 1. The van der Waals surface area contributed by atoms with Crippen molar-refractivity contribution in [3.05, 3.63) is 0 Å². The zero-order valence-corrected chi connectivity index (χ0v) is 13.7. The Hall–Kier alpha value is 0.980. The molecule has 0 spiro atoms. The van der Waals surface area contributed by atoms with Crippen molar-refractivity contribution in [3.63, 3.8) is 0 Å². The Balaban J connectivity index is 4.02. The summed E-state index contributed by atoms with van der Waals surface area (Å²) in [6, 6.07) is 0. The van der Waals surface area contributed by atoms with Gasteiger partial charge in [0.05, 0.1) is 17.4 Å². The maximum atomic E-state index is 11.5. The van der Waals surface area contributed by atoms with Crippen LogP contribution in [0.1, 0.15) is 20.3 Å². The highest BCUT2D eigenvalue weighted by Gasteiger charge is 2.27. The predicted molar refractivity (Wildman–Crippen MR) is 76.1 cm³/mol. The smallest absolute Gasteiger partial charge is 0.353 e. The van der Waals surface area contributed by atoms with E-state index in [1.165, 1.54) is 0 Å². The van der Waals surface area contributed by atoms with Crippen LogP contribution in [0.15, 0.2) is 0 Å². The quantitative estimate of drug-likeness (QED) is 0.374. The number of ether oxygens (including phenoxy) is 1. The molecule has 4 atom stereocenters. The van der Waals surface area contributed by atoms with E-state index in [-0.39, 0.29) is 18.9 Å². The summed E-state index contributed by atoms with van der Waals surface area (Å²) in [5.74, 6) is 0.363. The van der Waals surface area contributed by atoms with Crippen molar-refractivity contribution in [2.24, 2.45) is 5.92 Å². The average Bonchev–Trinajstić information content (AvgIpc) is 2.34. The highest BCUT2D eigenvalue weighted by atomic mass is 35.5. The molecule has 0 aromatic heterocycles. The normalized spacial score (nSPS) is 20.1. The van der Waals surface area contributed by atoms with Gasteiger partial charge in [-0.05, 0) is 12.3 Å². The van der Waals surface area contributed by atoms with Crippen molar-refractivity contribution in [1.82, 2.24) is 0 Å². The van der Waals surface area contributed by atoms with E-state index in [9.17, 15) is 9.46 Å². The van der Waals surface area contributed by atoms with Crippen LogP contribution in [-0.4, -0.2) is 41.1 Å². The average molecular weight is 342 g/mol. The molecule has 0 fully saturated rings. The SMILES string of the molecule is CCCOCP(=O)(O)OCC(Cl)C(Cl)C(C)CCl. The van der Waals surface area contributed by atoms with Crippen LogP contribution < -0.4 is 0 Å². The minimum Gasteiger partial charge on any atom is -0.369 e. The largest absolute Gasteiger partial charge is 0.369 e. The van der Waals surface area contributed by atoms with Crippen LogP contribution in [0.4, 0.5) is 0 Å². The monoisotopic (exact) mass is 340 g/mol. The molecule has 0 heterocycles. The molecule has 0 aliphatic heterocycles. The number of hydrogen-bond acceptors (Lipinski definition) is 3. The fraction of sp³-hybridized carbons (Fsp3) is 1.00. The Morgan fingerprint density at radius 1 is 1.39 bits per heavy atom. The molecule has 18 heavy (non-hydrogen) atoms. The summed E-state index contributed by atoms with van der Waals surface area (Å²) in [7, 11) is -3.75. The minimum atomic E-state index is -3.75. The maximum absolute atomic E-state index is 11.5. The van der Waals surface area contributed by atoms with Crippen molar-refractivity contribution in [2.45, 2.75) is 31.0 Å². The van der Waals surface area contributed by atoms with Gasteiger partial charge in [-0.2, -0.15) is 0 Å². The van der Waals surface area contributed by atoms with Gasteiger partial charge in [0.2, 0.25) is 0 Å². The first-order valence-corrected chi connectivity index (χ1v) is 8.89. The number of rotatable bonds is 10. The lowest BCUT2D eigenvalue weighted by molar-refractivity contribution is 0.144. The summed E-state index contributed by atoms with van der Waals surface area (Å²) in [6.07, 6.45) is 0.442. The van der Waals surface area contributed by atoms with Crippen molar-refractivity contribution in [2.75, 3.05) is 25.4 Å². The van der Waals surface area contributed by atoms with Gasteiger partial charge in [0.25, 0.3) is 0 Å². The Bertz CT molecular complexity index is 268. The summed E-state index contributed by atoms with van der Waals surface area (Å²) >= 11 is 17.7. The highest BCUT2D eigenvalue weighted by molar-refractivity contribution is 7.52. The molecular weight excluding hydrogens is 321 g/mol. The first-order valence-electron chi connectivity index (χ1n) is 5.72. The molecule has 0 amide bonds. The summed E-state index contributed by atoms with van der Waals surface area (Å²) in [5, 5.41) is -0.993. The third-order valence-electron chi connectivity index (χ3n) is 2.17. The van der Waals surface area contributed by atoms with Crippen molar-refractivity contribution < 1.29 is 18.7 Å².